The fraction of sp³-hybridized carbons (Fsp3) is 0.417. The number of carboxylic acid groups (broad SMARTS) is 2. The molecule has 0 saturated carbocycles. The Hall–Kier alpha value is -1.32. The predicted octanol–water partition coefficient (Wildman–Crippen LogP) is -7.26. The molecule has 0 aliphatic carbocycles. The van der Waals surface area contributed by atoms with Crippen LogP contribution in [0.25, 0.3) is 0 Å². The number of hydrogen-bond acceptors (Lipinski definition) is 10. The standard InChI is InChI=1S/C24H25N3O8S2.2Na/c1-2-36-10-12-11-37-22-17(21(31)27(22)18(12)24(34)35)25-16(28)9-5-8-15(23(32)33)26-19(29)13-6-3-4-7-14(13)20(26)30;;/h3-4,6-7,15,17,22H,2,5,8-11H2,1H3,(H,25,28)(H,32,33)(H,34,35);;/q;2*+1/p-2/t15?,17-,22+;;/m1../s1. The second-order valence-corrected chi connectivity index (χ2v) is 11.0. The number of nitrogens with zero attached hydrogens (tertiary/aromatic N) is 2. The number of rotatable bonds is 11. The molecule has 1 aromatic rings. The van der Waals surface area contributed by atoms with Gasteiger partial charge in [-0.3, -0.25) is 29.0 Å². The molecule has 0 spiro atoms. The SMILES string of the molecule is CCSCC1=C(C(=O)[O-])N2C(=O)[C@@H](NC(=O)CCCC(C(=O)[O-])N3C(=O)c4ccccc4C3=O)[C@@H]2SC1.[Na+].[Na+]. The van der Waals surface area contributed by atoms with Gasteiger partial charge in [-0.05, 0) is 36.3 Å². The van der Waals surface area contributed by atoms with E-state index in [9.17, 15) is 39.0 Å². The van der Waals surface area contributed by atoms with E-state index in [4.69, 9.17) is 0 Å². The van der Waals surface area contributed by atoms with Crippen LogP contribution in [0.2, 0.25) is 0 Å². The minimum atomic E-state index is -1.61. The quantitative estimate of drug-likeness (QED) is 0.148. The maximum atomic E-state index is 12.7. The number of thioether (sulfide) groups is 2. The number of nitrogens with one attached hydrogen (secondary N) is 1. The summed E-state index contributed by atoms with van der Waals surface area (Å²) < 4.78 is 0. The Balaban J connectivity index is 0.00000267. The molecule has 3 aliphatic rings. The van der Waals surface area contributed by atoms with Crippen LogP contribution >= 0.6 is 23.5 Å². The third kappa shape index (κ3) is 6.78. The van der Waals surface area contributed by atoms with E-state index in [2.05, 4.69) is 5.32 Å². The van der Waals surface area contributed by atoms with Gasteiger partial charge in [-0.25, -0.2) is 0 Å². The summed E-state index contributed by atoms with van der Waals surface area (Å²) in [5.74, 6) is -3.96. The molecule has 1 saturated heterocycles. The topological polar surface area (TPSA) is 167 Å². The van der Waals surface area contributed by atoms with Gasteiger partial charge in [-0.1, -0.05) is 19.1 Å². The molecule has 39 heavy (non-hydrogen) atoms. The third-order valence-electron chi connectivity index (χ3n) is 6.33. The third-order valence-corrected chi connectivity index (χ3v) is 8.63. The number of carbonyl (C=O) groups is 6. The van der Waals surface area contributed by atoms with E-state index in [1.54, 1.807) is 12.1 Å². The number of benzene rings is 1. The molecule has 0 radical (unpaired) electrons. The van der Waals surface area contributed by atoms with Crippen molar-refractivity contribution in [2.24, 2.45) is 0 Å². The molecule has 0 aromatic heterocycles. The van der Waals surface area contributed by atoms with E-state index in [1.165, 1.54) is 35.7 Å². The maximum Gasteiger partial charge on any atom is 1.00 e. The van der Waals surface area contributed by atoms with Crippen molar-refractivity contribution in [1.29, 1.82) is 0 Å². The van der Waals surface area contributed by atoms with E-state index >= 15 is 0 Å². The first-order valence-corrected chi connectivity index (χ1v) is 13.8. The average Bonchev–Trinajstić information content (AvgIpc) is 3.12. The number of fused-ring (bicyclic) bond motifs is 2. The summed E-state index contributed by atoms with van der Waals surface area (Å²) in [5, 5.41) is 25.5. The summed E-state index contributed by atoms with van der Waals surface area (Å²) in [7, 11) is 0. The number of hydrogen-bond donors (Lipinski definition) is 1. The number of amides is 4. The summed E-state index contributed by atoms with van der Waals surface area (Å²) in [5.41, 5.74) is 0.678. The largest absolute Gasteiger partial charge is 1.00 e. The summed E-state index contributed by atoms with van der Waals surface area (Å²) in [6, 6.07) is 3.53. The summed E-state index contributed by atoms with van der Waals surface area (Å²) in [6.45, 7) is 1.94. The molecule has 4 rings (SSSR count). The van der Waals surface area contributed by atoms with Gasteiger partial charge in [0.1, 0.15) is 11.4 Å². The van der Waals surface area contributed by atoms with Crippen molar-refractivity contribution >= 4 is 59.1 Å². The zero-order valence-corrected chi connectivity index (χ0v) is 27.4. The first kappa shape index (κ1) is 33.9. The molecule has 1 fully saturated rings. The maximum absolute atomic E-state index is 12.7. The van der Waals surface area contributed by atoms with Gasteiger partial charge in [0.15, 0.2) is 0 Å². The zero-order valence-electron chi connectivity index (χ0n) is 21.8. The van der Waals surface area contributed by atoms with Gasteiger partial charge in [-0.2, -0.15) is 11.8 Å². The van der Waals surface area contributed by atoms with E-state index in [-0.39, 0.29) is 95.2 Å². The van der Waals surface area contributed by atoms with E-state index in [0.29, 0.717) is 22.0 Å². The molecule has 3 atom stereocenters. The smallest absolute Gasteiger partial charge is 0.548 e. The molecular weight excluding hydrogens is 568 g/mol. The van der Waals surface area contributed by atoms with E-state index < -0.39 is 53.0 Å². The number of imide groups is 1. The van der Waals surface area contributed by atoms with Crippen molar-refractivity contribution in [2.45, 2.75) is 43.6 Å². The minimum absolute atomic E-state index is 0. The number of β-lactam (4-membered cyclic amide) rings is 1. The molecule has 196 valence electrons. The van der Waals surface area contributed by atoms with E-state index in [0.717, 1.165) is 10.7 Å². The van der Waals surface area contributed by atoms with Crippen LogP contribution in [0.5, 0.6) is 0 Å². The van der Waals surface area contributed by atoms with Crippen molar-refractivity contribution in [1.82, 2.24) is 15.1 Å². The van der Waals surface area contributed by atoms with Crippen LogP contribution in [0.15, 0.2) is 35.5 Å². The molecule has 3 heterocycles. The Morgan fingerprint density at radius 1 is 1.10 bits per heavy atom. The molecule has 1 unspecified atom stereocenters. The molecular formula is C24H23N3Na2O8S2. The molecule has 1 aromatic carbocycles. The average molecular weight is 592 g/mol. The van der Waals surface area contributed by atoms with Crippen molar-refractivity contribution in [3.63, 3.8) is 0 Å². The molecule has 15 heteroatoms. The fourth-order valence-corrected chi connectivity index (χ4v) is 6.72. The van der Waals surface area contributed by atoms with Crippen LogP contribution in [0.4, 0.5) is 0 Å². The van der Waals surface area contributed by atoms with Crippen LogP contribution in [-0.4, -0.2) is 80.1 Å². The van der Waals surface area contributed by atoms with Crippen LogP contribution in [-0.2, 0) is 19.2 Å². The van der Waals surface area contributed by atoms with E-state index in [1.807, 2.05) is 6.92 Å². The minimum Gasteiger partial charge on any atom is -0.548 e. The van der Waals surface area contributed by atoms with Crippen LogP contribution < -0.4 is 74.6 Å². The van der Waals surface area contributed by atoms with Gasteiger partial charge in [-0.15, -0.1) is 11.8 Å². The first-order valence-electron chi connectivity index (χ1n) is 11.6. The molecule has 3 aliphatic heterocycles. The zero-order chi connectivity index (χ0) is 26.9. The van der Waals surface area contributed by atoms with Gasteiger partial charge in [0.05, 0.1) is 34.8 Å². The second-order valence-electron chi connectivity index (χ2n) is 8.58. The van der Waals surface area contributed by atoms with Crippen molar-refractivity contribution in [2.75, 3.05) is 17.3 Å². The Bertz CT molecular complexity index is 1190. The monoisotopic (exact) mass is 591 g/mol. The molecule has 11 nitrogen and oxygen atoms in total. The summed E-state index contributed by atoms with van der Waals surface area (Å²) in [4.78, 5) is 75.7. The van der Waals surface area contributed by atoms with Crippen LogP contribution in [0.1, 0.15) is 46.9 Å². The summed E-state index contributed by atoms with van der Waals surface area (Å²) in [6.07, 6.45) is -0.376. The molecule has 4 amide bonds. The van der Waals surface area contributed by atoms with Gasteiger partial charge in [0.25, 0.3) is 17.7 Å². The Morgan fingerprint density at radius 2 is 1.72 bits per heavy atom. The Labute approximate surface area is 277 Å². The van der Waals surface area contributed by atoms with Crippen LogP contribution in [0.3, 0.4) is 0 Å². The van der Waals surface area contributed by atoms with Crippen molar-refractivity contribution in [3.05, 3.63) is 46.7 Å². The van der Waals surface area contributed by atoms with Gasteiger partial charge in [0, 0.05) is 17.9 Å². The van der Waals surface area contributed by atoms with Crippen LogP contribution in [0, 0.1) is 0 Å². The number of carbonyl (C=O) groups excluding carboxylic acids is 6. The van der Waals surface area contributed by atoms with Crippen molar-refractivity contribution < 1.29 is 98.1 Å². The molecule has 0 bridgehead atoms. The predicted molar refractivity (Wildman–Crippen MR) is 130 cm³/mol. The Kier molecular flexibility index (Phi) is 12.6. The Morgan fingerprint density at radius 3 is 2.26 bits per heavy atom. The van der Waals surface area contributed by atoms with Gasteiger partial charge >= 0.3 is 59.1 Å². The van der Waals surface area contributed by atoms with Gasteiger partial charge in [0.2, 0.25) is 5.91 Å². The second kappa shape index (κ2) is 14.5. The fourth-order valence-electron chi connectivity index (χ4n) is 4.55. The number of aliphatic carboxylic acids is 2. The normalized spacial score (nSPS) is 20.3. The first-order chi connectivity index (χ1) is 17.7. The summed E-state index contributed by atoms with van der Waals surface area (Å²) >= 11 is 2.88. The molecule has 1 N–H and O–H groups in total. The van der Waals surface area contributed by atoms with Gasteiger partial charge < -0.3 is 25.1 Å². The number of carboxylic acids is 2. The van der Waals surface area contributed by atoms with Crippen molar-refractivity contribution in [3.8, 4) is 0 Å².